The van der Waals surface area contributed by atoms with Gasteiger partial charge in [0.2, 0.25) is 0 Å². The molecule has 0 N–H and O–H groups in total. The third-order valence-electron chi connectivity index (χ3n) is 2.09. The molecule has 0 unspecified atom stereocenters. The van der Waals surface area contributed by atoms with Crippen LogP contribution >= 0.6 is 11.3 Å². The van der Waals surface area contributed by atoms with Gasteiger partial charge in [-0.1, -0.05) is 30.3 Å². The average Bonchev–Trinajstić information content (AvgIpc) is 2.75. The molecular weight excluding hydrogens is 236 g/mol. The predicted molar refractivity (Wildman–Crippen MR) is 66.4 cm³/mol. The van der Waals surface area contributed by atoms with E-state index >= 15 is 0 Å². The summed E-state index contributed by atoms with van der Waals surface area (Å²) in [5.74, 6) is 0.0101. The normalized spacial score (nSPS) is 9.71. The first-order valence-electron chi connectivity index (χ1n) is 4.84. The average molecular weight is 244 g/mol. The van der Waals surface area contributed by atoms with Crippen molar-refractivity contribution in [1.82, 2.24) is 4.98 Å². The first-order chi connectivity index (χ1) is 8.22. The Bertz CT molecular complexity index is 580. The van der Waals surface area contributed by atoms with Crippen molar-refractivity contribution in [3.8, 4) is 10.6 Å². The summed E-state index contributed by atoms with van der Waals surface area (Å²) in [6.45, 7) is 1.43. The number of aromatic nitrogens is 1. The molecule has 1 aromatic carbocycles. The number of azide groups is 1. The third-order valence-corrected chi connectivity index (χ3v) is 3.28. The Kier molecular flexibility index (Phi) is 3.18. The van der Waals surface area contributed by atoms with Crippen LogP contribution in [0.4, 0.5) is 5.82 Å². The maximum Gasteiger partial charge on any atom is 0.171 e. The summed E-state index contributed by atoms with van der Waals surface area (Å²) in [7, 11) is 0. The molecule has 0 aliphatic carbocycles. The van der Waals surface area contributed by atoms with E-state index in [1.54, 1.807) is 0 Å². The molecular formula is C11H8N4OS. The van der Waals surface area contributed by atoms with Gasteiger partial charge in [0.1, 0.15) is 10.8 Å². The van der Waals surface area contributed by atoms with Gasteiger partial charge in [-0.3, -0.25) is 4.79 Å². The summed E-state index contributed by atoms with van der Waals surface area (Å²) in [4.78, 5) is 18.6. The van der Waals surface area contributed by atoms with Crippen molar-refractivity contribution in [1.29, 1.82) is 0 Å². The van der Waals surface area contributed by atoms with Crippen molar-refractivity contribution < 1.29 is 4.79 Å². The number of Topliss-reactive ketones (excluding diaryl/α,β-unsaturated/α-hetero) is 1. The molecule has 0 spiro atoms. The molecule has 1 aromatic heterocycles. The van der Waals surface area contributed by atoms with Gasteiger partial charge in [-0.05, 0) is 10.6 Å². The minimum absolute atomic E-state index is 0.146. The summed E-state index contributed by atoms with van der Waals surface area (Å²) in [5.41, 5.74) is 9.32. The van der Waals surface area contributed by atoms with Gasteiger partial charge in [0, 0.05) is 17.4 Å². The minimum atomic E-state index is -0.146. The number of carbonyl (C=O) groups is 1. The summed E-state index contributed by atoms with van der Waals surface area (Å²) in [5, 5.41) is 4.11. The van der Waals surface area contributed by atoms with E-state index in [-0.39, 0.29) is 11.6 Å². The number of nitrogens with zero attached hydrogens (tertiary/aromatic N) is 4. The zero-order chi connectivity index (χ0) is 12.3. The molecule has 0 atom stereocenters. The number of benzene rings is 1. The molecule has 1 heterocycles. The smallest absolute Gasteiger partial charge is 0.171 e. The molecule has 0 amide bonds. The maximum atomic E-state index is 11.4. The van der Waals surface area contributed by atoms with E-state index in [4.69, 9.17) is 5.53 Å². The van der Waals surface area contributed by atoms with Crippen molar-refractivity contribution in [3.05, 3.63) is 45.7 Å². The number of thiazole rings is 1. The predicted octanol–water partition coefficient (Wildman–Crippen LogP) is 3.95. The van der Waals surface area contributed by atoms with Crippen LogP contribution in [0.1, 0.15) is 16.6 Å². The van der Waals surface area contributed by atoms with E-state index in [0.29, 0.717) is 9.88 Å². The lowest BCUT2D eigenvalue weighted by Crippen LogP contribution is -1.85. The molecule has 0 saturated heterocycles. The molecule has 2 aromatic rings. The van der Waals surface area contributed by atoms with Gasteiger partial charge >= 0.3 is 0 Å². The first-order valence-corrected chi connectivity index (χ1v) is 5.66. The topological polar surface area (TPSA) is 78.7 Å². The third kappa shape index (κ3) is 2.33. The molecule has 6 heteroatoms. The zero-order valence-electron chi connectivity index (χ0n) is 8.99. The fraction of sp³-hybridized carbons (Fsp3) is 0.0909. The van der Waals surface area contributed by atoms with Crippen LogP contribution in [-0.2, 0) is 0 Å². The highest BCUT2D eigenvalue weighted by Gasteiger charge is 2.14. The number of carbonyl (C=O) groups excluding carboxylic acids is 1. The molecule has 2 rings (SSSR count). The van der Waals surface area contributed by atoms with Crippen LogP contribution in [0.15, 0.2) is 35.4 Å². The zero-order valence-corrected chi connectivity index (χ0v) is 9.81. The second-order valence-corrected chi connectivity index (χ2v) is 4.28. The van der Waals surface area contributed by atoms with E-state index in [1.807, 2.05) is 30.3 Å². The van der Waals surface area contributed by atoms with Gasteiger partial charge in [0.25, 0.3) is 0 Å². The van der Waals surface area contributed by atoms with E-state index < -0.39 is 0 Å². The van der Waals surface area contributed by atoms with Crippen LogP contribution < -0.4 is 0 Å². The number of rotatable bonds is 3. The Morgan fingerprint density at radius 3 is 2.71 bits per heavy atom. The Labute approximate surface area is 101 Å². The van der Waals surface area contributed by atoms with Crippen molar-refractivity contribution in [2.24, 2.45) is 5.11 Å². The fourth-order valence-corrected chi connectivity index (χ4v) is 2.26. The van der Waals surface area contributed by atoms with Crippen molar-refractivity contribution >= 4 is 22.9 Å². The standard InChI is InChI=1S/C11H8N4OS/c1-7(16)9-10(14-15-12)13-11(17-9)8-5-3-2-4-6-8/h2-6H,1H3. The fourth-order valence-electron chi connectivity index (χ4n) is 1.36. The second-order valence-electron chi connectivity index (χ2n) is 3.28. The van der Waals surface area contributed by atoms with Crippen molar-refractivity contribution in [2.45, 2.75) is 6.92 Å². The molecule has 0 radical (unpaired) electrons. The lowest BCUT2D eigenvalue weighted by Gasteiger charge is -1.92. The van der Waals surface area contributed by atoms with Gasteiger partial charge in [-0.25, -0.2) is 4.98 Å². The molecule has 0 fully saturated rings. The summed E-state index contributed by atoms with van der Waals surface area (Å²) in [6.07, 6.45) is 0. The molecule has 0 bridgehead atoms. The van der Waals surface area contributed by atoms with E-state index in [1.165, 1.54) is 18.3 Å². The van der Waals surface area contributed by atoms with E-state index in [2.05, 4.69) is 15.0 Å². The highest BCUT2D eigenvalue weighted by molar-refractivity contribution is 7.17. The molecule has 17 heavy (non-hydrogen) atoms. The van der Waals surface area contributed by atoms with Gasteiger partial charge in [-0.15, -0.1) is 11.3 Å². The highest BCUT2D eigenvalue weighted by Crippen LogP contribution is 2.32. The monoisotopic (exact) mass is 244 g/mol. The number of hydrogen-bond donors (Lipinski definition) is 0. The second kappa shape index (κ2) is 4.78. The molecule has 84 valence electrons. The van der Waals surface area contributed by atoms with Gasteiger partial charge in [0.05, 0.1) is 4.88 Å². The summed E-state index contributed by atoms with van der Waals surface area (Å²) in [6, 6.07) is 9.46. The highest BCUT2D eigenvalue weighted by atomic mass is 32.1. The lowest BCUT2D eigenvalue weighted by atomic mass is 10.2. The molecule has 0 aliphatic heterocycles. The Hall–Kier alpha value is -2.17. The molecule has 0 aliphatic rings. The van der Waals surface area contributed by atoms with Gasteiger partial charge in [0.15, 0.2) is 5.78 Å². The van der Waals surface area contributed by atoms with E-state index in [0.717, 1.165) is 5.56 Å². The largest absolute Gasteiger partial charge is 0.294 e. The van der Waals surface area contributed by atoms with Crippen LogP contribution in [0, 0.1) is 0 Å². The van der Waals surface area contributed by atoms with Crippen LogP contribution in [0.3, 0.4) is 0 Å². The molecule has 5 nitrogen and oxygen atoms in total. The van der Waals surface area contributed by atoms with Crippen LogP contribution in [0.5, 0.6) is 0 Å². The summed E-state index contributed by atoms with van der Waals surface area (Å²) < 4.78 is 0. The van der Waals surface area contributed by atoms with Crippen molar-refractivity contribution in [2.75, 3.05) is 0 Å². The summed E-state index contributed by atoms with van der Waals surface area (Å²) >= 11 is 1.24. The lowest BCUT2D eigenvalue weighted by molar-refractivity contribution is 0.102. The van der Waals surface area contributed by atoms with E-state index in [9.17, 15) is 4.79 Å². The Morgan fingerprint density at radius 2 is 2.12 bits per heavy atom. The van der Waals surface area contributed by atoms with Crippen LogP contribution in [0.2, 0.25) is 0 Å². The van der Waals surface area contributed by atoms with Crippen LogP contribution in [-0.4, -0.2) is 10.8 Å². The SMILES string of the molecule is CC(=O)c1sc(-c2ccccc2)nc1N=[N+]=[N-]. The number of hydrogen-bond acceptors (Lipinski definition) is 4. The Morgan fingerprint density at radius 1 is 1.41 bits per heavy atom. The quantitative estimate of drug-likeness (QED) is 0.354. The van der Waals surface area contributed by atoms with Gasteiger partial charge in [-0.2, -0.15) is 0 Å². The minimum Gasteiger partial charge on any atom is -0.294 e. The first kappa shape index (κ1) is 11.3. The van der Waals surface area contributed by atoms with Crippen LogP contribution in [0.25, 0.3) is 21.0 Å². The van der Waals surface area contributed by atoms with Crippen molar-refractivity contribution in [3.63, 3.8) is 0 Å². The number of ketones is 1. The maximum absolute atomic E-state index is 11.4. The van der Waals surface area contributed by atoms with Gasteiger partial charge < -0.3 is 0 Å². The molecule has 0 saturated carbocycles. The Balaban J connectivity index is 2.55.